The monoisotopic (exact) mass is 418 g/mol. The van der Waals surface area contributed by atoms with Gasteiger partial charge in [0.05, 0.1) is 4.90 Å². The normalized spacial score (nSPS) is 13.8. The summed E-state index contributed by atoms with van der Waals surface area (Å²) in [6.45, 7) is 8.93. The van der Waals surface area contributed by atoms with E-state index < -0.39 is 10.0 Å². The van der Waals surface area contributed by atoms with Crippen LogP contribution in [0.2, 0.25) is 0 Å². The average molecular weight is 419 g/mol. The average Bonchev–Trinajstić information content (AvgIpc) is 2.73. The van der Waals surface area contributed by atoms with E-state index in [2.05, 4.69) is 5.32 Å². The molecule has 2 aromatic rings. The molecule has 2 aromatic carbocycles. The summed E-state index contributed by atoms with van der Waals surface area (Å²) in [5.74, 6) is -0.0264. The lowest BCUT2D eigenvalue weighted by molar-refractivity contribution is -0.710. The summed E-state index contributed by atoms with van der Waals surface area (Å²) in [7, 11) is -3.45. The minimum atomic E-state index is -3.45. The van der Waals surface area contributed by atoms with Gasteiger partial charge in [0, 0.05) is 25.2 Å². The van der Waals surface area contributed by atoms with Gasteiger partial charge in [-0.2, -0.15) is 4.31 Å². The Kier molecular flexibility index (Phi) is 8.37. The van der Waals surface area contributed by atoms with Crippen molar-refractivity contribution in [3.8, 4) is 0 Å². The second kappa shape index (κ2) is 10.5. The van der Waals surface area contributed by atoms with Crippen LogP contribution in [0.25, 0.3) is 0 Å². The second-order valence-corrected chi connectivity index (χ2v) is 9.07. The first-order valence-electron chi connectivity index (χ1n) is 10.1. The van der Waals surface area contributed by atoms with Crippen molar-refractivity contribution in [3.05, 3.63) is 65.7 Å². The van der Waals surface area contributed by atoms with E-state index >= 15 is 0 Å². The minimum absolute atomic E-state index is 0.0256. The molecule has 0 aliphatic carbocycles. The van der Waals surface area contributed by atoms with Crippen molar-refractivity contribution < 1.29 is 18.5 Å². The molecule has 0 saturated carbocycles. The van der Waals surface area contributed by atoms with E-state index in [-0.39, 0.29) is 18.0 Å². The van der Waals surface area contributed by atoms with E-state index in [1.165, 1.54) is 4.31 Å². The Bertz CT molecular complexity index is 879. The Balaban J connectivity index is 1.96. The van der Waals surface area contributed by atoms with Crippen LogP contribution in [0, 0.1) is 0 Å². The van der Waals surface area contributed by atoms with Crippen LogP contribution in [0.4, 0.5) is 0 Å². The van der Waals surface area contributed by atoms with Crippen molar-refractivity contribution in [2.75, 3.05) is 13.1 Å². The lowest BCUT2D eigenvalue weighted by atomic mass is 10.1. The predicted molar refractivity (Wildman–Crippen MR) is 115 cm³/mol. The number of benzene rings is 2. The Morgan fingerprint density at radius 1 is 1.00 bits per heavy atom. The molecule has 1 amide bonds. The molecule has 3 N–H and O–H groups in total. The number of nitrogens with one attached hydrogen (secondary N) is 1. The first-order chi connectivity index (χ1) is 13.8. The third-order valence-corrected chi connectivity index (χ3v) is 7.11. The van der Waals surface area contributed by atoms with E-state index in [4.69, 9.17) is 0 Å². The molecule has 6 nitrogen and oxygen atoms in total. The molecule has 2 rings (SSSR count). The van der Waals surface area contributed by atoms with Crippen molar-refractivity contribution in [2.45, 2.75) is 51.2 Å². The van der Waals surface area contributed by atoms with Crippen LogP contribution < -0.4 is 10.6 Å². The van der Waals surface area contributed by atoms with E-state index in [1.807, 2.05) is 75.5 Å². The number of hydrogen-bond acceptors (Lipinski definition) is 3. The van der Waals surface area contributed by atoms with Gasteiger partial charge in [-0.15, -0.1) is 0 Å². The highest BCUT2D eigenvalue weighted by Gasteiger charge is 2.23. The lowest BCUT2D eigenvalue weighted by Gasteiger charge is -2.19. The third-order valence-electron chi connectivity index (χ3n) is 5.05. The van der Waals surface area contributed by atoms with Crippen LogP contribution >= 0.6 is 0 Å². The third kappa shape index (κ3) is 6.13. The van der Waals surface area contributed by atoms with Crippen molar-refractivity contribution in [1.82, 2.24) is 9.62 Å². The number of sulfonamides is 1. The first kappa shape index (κ1) is 23.1. The van der Waals surface area contributed by atoms with Crippen molar-refractivity contribution in [1.29, 1.82) is 0 Å². The van der Waals surface area contributed by atoms with Gasteiger partial charge in [0.2, 0.25) is 10.0 Å². The molecule has 158 valence electrons. The maximum Gasteiger partial charge on any atom is 0.278 e. The minimum Gasteiger partial charge on any atom is -0.347 e. The van der Waals surface area contributed by atoms with E-state index in [0.717, 1.165) is 11.1 Å². The molecule has 2 atom stereocenters. The Morgan fingerprint density at radius 2 is 1.59 bits per heavy atom. The van der Waals surface area contributed by atoms with Gasteiger partial charge in [0.15, 0.2) is 6.04 Å². The molecule has 0 aromatic heterocycles. The smallest absolute Gasteiger partial charge is 0.278 e. The van der Waals surface area contributed by atoms with Crippen LogP contribution in [0.5, 0.6) is 0 Å². The number of carbonyl (C=O) groups is 1. The Morgan fingerprint density at radius 3 is 2.14 bits per heavy atom. The number of quaternary nitrogens is 1. The van der Waals surface area contributed by atoms with Gasteiger partial charge in [-0.05, 0) is 31.5 Å². The Hall–Kier alpha value is -2.22. The maximum atomic E-state index is 12.6. The van der Waals surface area contributed by atoms with Crippen molar-refractivity contribution in [2.24, 2.45) is 0 Å². The van der Waals surface area contributed by atoms with Gasteiger partial charge < -0.3 is 10.6 Å². The zero-order valence-electron chi connectivity index (χ0n) is 17.6. The van der Waals surface area contributed by atoms with Crippen molar-refractivity contribution >= 4 is 15.9 Å². The SMILES string of the molecule is CCN(CC)S(=O)(=O)c1ccc([C@H](C)[NH2+][C@@H](C)C(=O)NCc2ccccc2)cc1. The van der Waals surface area contributed by atoms with Gasteiger partial charge in [-0.3, -0.25) is 4.79 Å². The van der Waals surface area contributed by atoms with Crippen LogP contribution in [0.1, 0.15) is 44.9 Å². The summed E-state index contributed by atoms with van der Waals surface area (Å²) in [6, 6.07) is 16.5. The molecule has 0 aliphatic heterocycles. The van der Waals surface area contributed by atoms with Gasteiger partial charge in [-0.25, -0.2) is 8.42 Å². The molecular weight excluding hydrogens is 386 g/mol. The number of amides is 1. The van der Waals surface area contributed by atoms with E-state index in [0.29, 0.717) is 24.5 Å². The van der Waals surface area contributed by atoms with E-state index in [9.17, 15) is 13.2 Å². The van der Waals surface area contributed by atoms with Crippen LogP contribution in [-0.4, -0.2) is 37.8 Å². The predicted octanol–water partition coefficient (Wildman–Crippen LogP) is 2.05. The number of rotatable bonds is 10. The van der Waals surface area contributed by atoms with Gasteiger partial charge in [0.1, 0.15) is 6.04 Å². The maximum absolute atomic E-state index is 12.6. The fourth-order valence-electron chi connectivity index (χ4n) is 3.23. The number of carbonyl (C=O) groups excluding carboxylic acids is 1. The van der Waals surface area contributed by atoms with E-state index in [1.54, 1.807) is 12.1 Å². The van der Waals surface area contributed by atoms with Crippen LogP contribution in [-0.2, 0) is 21.4 Å². The van der Waals surface area contributed by atoms with Crippen LogP contribution in [0.15, 0.2) is 59.5 Å². The first-order valence-corrected chi connectivity index (χ1v) is 11.5. The molecule has 0 aliphatic rings. The highest BCUT2D eigenvalue weighted by atomic mass is 32.2. The second-order valence-electron chi connectivity index (χ2n) is 7.13. The quantitative estimate of drug-likeness (QED) is 0.619. The summed E-state index contributed by atoms with van der Waals surface area (Å²) in [6.07, 6.45) is 0. The fourth-order valence-corrected chi connectivity index (χ4v) is 4.69. The molecule has 0 radical (unpaired) electrons. The summed E-state index contributed by atoms with van der Waals surface area (Å²) in [5.41, 5.74) is 2.04. The number of nitrogens with two attached hydrogens (primary N) is 1. The molecule has 0 heterocycles. The summed E-state index contributed by atoms with van der Waals surface area (Å²) in [4.78, 5) is 12.7. The molecular formula is C22H32N3O3S+. The van der Waals surface area contributed by atoms with Crippen LogP contribution in [0.3, 0.4) is 0 Å². The highest BCUT2D eigenvalue weighted by Crippen LogP contribution is 2.18. The highest BCUT2D eigenvalue weighted by molar-refractivity contribution is 7.89. The lowest BCUT2D eigenvalue weighted by Crippen LogP contribution is -2.92. The zero-order valence-corrected chi connectivity index (χ0v) is 18.4. The van der Waals surface area contributed by atoms with Gasteiger partial charge >= 0.3 is 0 Å². The zero-order chi connectivity index (χ0) is 21.4. The number of hydrogen-bond donors (Lipinski definition) is 2. The topological polar surface area (TPSA) is 83.1 Å². The molecule has 0 fully saturated rings. The summed E-state index contributed by atoms with van der Waals surface area (Å²) < 4.78 is 26.6. The molecule has 7 heteroatoms. The molecule has 0 saturated heterocycles. The fraction of sp³-hybridized carbons (Fsp3) is 0.409. The molecule has 0 spiro atoms. The summed E-state index contributed by atoms with van der Waals surface area (Å²) >= 11 is 0. The van der Waals surface area contributed by atoms with Gasteiger partial charge in [-0.1, -0.05) is 56.3 Å². The molecule has 0 bridgehead atoms. The van der Waals surface area contributed by atoms with Crippen molar-refractivity contribution in [3.63, 3.8) is 0 Å². The number of nitrogens with zero attached hydrogens (tertiary/aromatic N) is 1. The van der Waals surface area contributed by atoms with Gasteiger partial charge in [0.25, 0.3) is 5.91 Å². The molecule has 0 unspecified atom stereocenters. The summed E-state index contributed by atoms with van der Waals surface area (Å²) in [5, 5.41) is 4.94. The molecule has 29 heavy (non-hydrogen) atoms. The Labute approximate surface area is 174 Å². The standard InChI is InChI=1S/C22H31N3O3S/c1-5-25(6-2)29(27,28)21-14-12-20(13-15-21)17(3)24-18(4)22(26)23-16-19-10-8-7-9-11-19/h7-15,17-18,24H,5-6,16H2,1-4H3,(H,23,26)/p+1/t17-,18-/m0/s1. The largest absolute Gasteiger partial charge is 0.347 e.